The molecule has 1 N–H and O–H groups in total. The van der Waals surface area contributed by atoms with Crippen LogP contribution in [0.3, 0.4) is 0 Å². The fourth-order valence-electron chi connectivity index (χ4n) is 4.14. The van der Waals surface area contributed by atoms with Crippen LogP contribution in [-0.4, -0.2) is 36.9 Å². The number of piperidine rings is 1. The van der Waals surface area contributed by atoms with Crippen molar-refractivity contribution in [2.45, 2.75) is 38.5 Å². The number of sulfonamides is 1. The second-order valence-corrected chi connectivity index (χ2v) is 10.7. The van der Waals surface area contributed by atoms with Gasteiger partial charge in [-0.05, 0) is 69.0 Å². The zero-order valence-electron chi connectivity index (χ0n) is 19.9. The van der Waals surface area contributed by atoms with E-state index in [1.54, 1.807) is 26.0 Å². The average Bonchev–Trinajstić information content (AvgIpc) is 3.21. The molecule has 0 atom stereocenters. The third kappa shape index (κ3) is 5.52. The van der Waals surface area contributed by atoms with E-state index >= 15 is 0 Å². The monoisotopic (exact) mass is 497 g/mol. The van der Waals surface area contributed by atoms with Crippen LogP contribution < -0.4 is 5.32 Å². The smallest absolute Gasteiger partial charge is 0.248 e. The van der Waals surface area contributed by atoms with Gasteiger partial charge < -0.3 is 9.84 Å². The second-order valence-electron chi connectivity index (χ2n) is 8.83. The zero-order chi connectivity index (χ0) is 25.2. The van der Waals surface area contributed by atoms with Gasteiger partial charge in [0.2, 0.25) is 15.9 Å². The summed E-state index contributed by atoms with van der Waals surface area (Å²) in [7, 11) is -3.86. The topological polar surface area (TPSA) is 92.5 Å². The maximum atomic E-state index is 13.4. The van der Waals surface area contributed by atoms with E-state index in [2.05, 4.69) is 10.5 Å². The van der Waals surface area contributed by atoms with Gasteiger partial charge in [0.1, 0.15) is 11.5 Å². The summed E-state index contributed by atoms with van der Waals surface area (Å²) >= 11 is 0. The van der Waals surface area contributed by atoms with Gasteiger partial charge in [-0.15, -0.1) is 0 Å². The van der Waals surface area contributed by atoms with Crippen molar-refractivity contribution in [3.8, 4) is 0 Å². The molecule has 1 amide bonds. The summed E-state index contributed by atoms with van der Waals surface area (Å²) in [6.07, 6.45) is 4.16. The summed E-state index contributed by atoms with van der Waals surface area (Å²) in [5, 5.41) is 6.72. The fourth-order valence-corrected chi connectivity index (χ4v) is 5.86. The van der Waals surface area contributed by atoms with E-state index in [4.69, 9.17) is 4.52 Å². The minimum atomic E-state index is -3.86. The number of hydrogen-bond donors (Lipinski definition) is 1. The van der Waals surface area contributed by atoms with Crippen LogP contribution in [0.1, 0.15) is 41.0 Å². The molecule has 35 heavy (non-hydrogen) atoms. The Kier molecular flexibility index (Phi) is 7.18. The molecular formula is C26H28FN3O4S. The van der Waals surface area contributed by atoms with Crippen molar-refractivity contribution < 1.29 is 22.1 Å². The van der Waals surface area contributed by atoms with Crippen LogP contribution in [0.25, 0.3) is 12.2 Å². The van der Waals surface area contributed by atoms with Crippen LogP contribution in [0, 0.1) is 32.5 Å². The normalized spacial score (nSPS) is 15.5. The number of aromatic nitrogens is 1. The van der Waals surface area contributed by atoms with E-state index in [1.807, 2.05) is 31.2 Å². The zero-order valence-corrected chi connectivity index (χ0v) is 20.7. The molecule has 0 aliphatic carbocycles. The van der Waals surface area contributed by atoms with Crippen molar-refractivity contribution >= 4 is 33.8 Å². The number of halogens is 1. The van der Waals surface area contributed by atoms with Gasteiger partial charge in [0.15, 0.2) is 10.7 Å². The molecule has 1 aliphatic rings. The van der Waals surface area contributed by atoms with Crippen molar-refractivity contribution in [3.63, 3.8) is 0 Å². The second kappa shape index (κ2) is 10.1. The molecule has 0 radical (unpaired) electrons. The first-order valence-corrected chi connectivity index (χ1v) is 12.9. The number of carbonyl (C=O) groups excluding carboxylic acids is 1. The van der Waals surface area contributed by atoms with Gasteiger partial charge in [-0.3, -0.25) is 4.79 Å². The lowest BCUT2D eigenvalue weighted by Crippen LogP contribution is -2.41. The summed E-state index contributed by atoms with van der Waals surface area (Å²) in [5.41, 5.74) is 3.52. The first-order chi connectivity index (χ1) is 16.6. The number of benzene rings is 2. The number of carbonyl (C=O) groups is 1. The molecule has 3 aromatic rings. The van der Waals surface area contributed by atoms with E-state index in [9.17, 15) is 17.6 Å². The SMILES string of the molecule is Cc1ccc(C=Cc2onc(C)c2S(=O)(=O)N2CCC(C(=O)Nc3ccc(F)cc3C)CC2)cc1. The molecule has 0 bridgehead atoms. The largest absolute Gasteiger partial charge is 0.355 e. The number of aryl methyl sites for hydroxylation is 3. The Morgan fingerprint density at radius 3 is 2.43 bits per heavy atom. The van der Waals surface area contributed by atoms with Crippen LogP contribution in [0.4, 0.5) is 10.1 Å². The van der Waals surface area contributed by atoms with E-state index in [0.717, 1.165) is 11.1 Å². The molecule has 0 saturated carbocycles. The lowest BCUT2D eigenvalue weighted by atomic mass is 9.97. The van der Waals surface area contributed by atoms with Crippen molar-refractivity contribution in [3.05, 3.63) is 76.4 Å². The minimum absolute atomic E-state index is 0.0469. The summed E-state index contributed by atoms with van der Waals surface area (Å²) in [6, 6.07) is 12.0. The van der Waals surface area contributed by atoms with Gasteiger partial charge in [0.05, 0.1) is 0 Å². The molecule has 1 saturated heterocycles. The van der Waals surface area contributed by atoms with E-state index in [-0.39, 0.29) is 41.4 Å². The third-order valence-corrected chi connectivity index (χ3v) is 8.26. The van der Waals surface area contributed by atoms with E-state index in [0.29, 0.717) is 29.8 Å². The summed E-state index contributed by atoms with van der Waals surface area (Å²) in [4.78, 5) is 12.8. The van der Waals surface area contributed by atoms with Crippen LogP contribution in [0.2, 0.25) is 0 Å². The molecule has 2 heterocycles. The number of hydrogen-bond acceptors (Lipinski definition) is 5. The Morgan fingerprint density at radius 1 is 1.09 bits per heavy atom. The predicted molar refractivity (Wildman–Crippen MR) is 133 cm³/mol. The predicted octanol–water partition coefficient (Wildman–Crippen LogP) is 4.95. The maximum absolute atomic E-state index is 13.4. The standard InChI is InChI=1S/C26H28FN3O4S/c1-17-4-6-20(7-5-17)8-11-24-25(19(3)29-34-24)35(32,33)30-14-12-21(13-15-30)26(31)28-23-10-9-22(27)16-18(23)2/h4-11,16,21H,12-15H2,1-3H3,(H,28,31). The van der Waals surface area contributed by atoms with Gasteiger partial charge in [-0.25, -0.2) is 12.8 Å². The highest BCUT2D eigenvalue weighted by atomic mass is 32.2. The number of nitrogens with zero attached hydrogens (tertiary/aromatic N) is 2. The Labute approximate surface area is 204 Å². The van der Waals surface area contributed by atoms with Crippen LogP contribution in [0.5, 0.6) is 0 Å². The number of amides is 1. The van der Waals surface area contributed by atoms with Crippen LogP contribution >= 0.6 is 0 Å². The Morgan fingerprint density at radius 2 is 1.77 bits per heavy atom. The van der Waals surface area contributed by atoms with Crippen molar-refractivity contribution in [1.29, 1.82) is 0 Å². The lowest BCUT2D eigenvalue weighted by Gasteiger charge is -2.30. The van der Waals surface area contributed by atoms with Crippen LogP contribution in [0.15, 0.2) is 51.9 Å². The highest BCUT2D eigenvalue weighted by Gasteiger charge is 2.36. The van der Waals surface area contributed by atoms with Gasteiger partial charge >= 0.3 is 0 Å². The number of rotatable bonds is 6. The van der Waals surface area contributed by atoms with Crippen LogP contribution in [-0.2, 0) is 14.8 Å². The lowest BCUT2D eigenvalue weighted by molar-refractivity contribution is -0.120. The Hall–Kier alpha value is -3.30. The van der Waals surface area contributed by atoms with Gasteiger partial charge in [-0.1, -0.05) is 41.1 Å². The first-order valence-electron chi connectivity index (χ1n) is 11.4. The third-order valence-electron chi connectivity index (χ3n) is 6.21. The molecular weight excluding hydrogens is 469 g/mol. The van der Waals surface area contributed by atoms with Gasteiger partial charge in [0, 0.05) is 24.7 Å². The summed E-state index contributed by atoms with van der Waals surface area (Å²) in [6.45, 7) is 5.72. The van der Waals surface area contributed by atoms with Gasteiger partial charge in [0.25, 0.3) is 0 Å². The molecule has 1 aromatic heterocycles. The van der Waals surface area contributed by atoms with E-state index in [1.165, 1.54) is 22.5 Å². The summed E-state index contributed by atoms with van der Waals surface area (Å²) < 4.78 is 46.9. The summed E-state index contributed by atoms with van der Waals surface area (Å²) in [5.74, 6) is -0.721. The van der Waals surface area contributed by atoms with Crippen molar-refractivity contribution in [1.82, 2.24) is 9.46 Å². The average molecular weight is 498 g/mol. The number of anilines is 1. The Bertz CT molecular complexity index is 1360. The molecule has 2 aromatic carbocycles. The fraction of sp³-hybridized carbons (Fsp3) is 0.308. The Balaban J connectivity index is 1.45. The molecule has 0 spiro atoms. The van der Waals surface area contributed by atoms with E-state index < -0.39 is 10.0 Å². The highest BCUT2D eigenvalue weighted by molar-refractivity contribution is 7.89. The highest BCUT2D eigenvalue weighted by Crippen LogP contribution is 2.30. The maximum Gasteiger partial charge on any atom is 0.248 e. The molecule has 0 unspecified atom stereocenters. The molecule has 1 fully saturated rings. The first kappa shape index (κ1) is 24.8. The molecule has 7 nitrogen and oxygen atoms in total. The van der Waals surface area contributed by atoms with Crippen molar-refractivity contribution in [2.75, 3.05) is 18.4 Å². The molecule has 4 rings (SSSR count). The van der Waals surface area contributed by atoms with Crippen molar-refractivity contribution in [2.24, 2.45) is 5.92 Å². The number of nitrogens with one attached hydrogen (secondary N) is 1. The molecule has 9 heteroatoms. The van der Waals surface area contributed by atoms with Gasteiger partial charge in [-0.2, -0.15) is 4.31 Å². The molecule has 184 valence electrons. The quantitative estimate of drug-likeness (QED) is 0.520. The molecule has 1 aliphatic heterocycles. The minimum Gasteiger partial charge on any atom is -0.355 e.